The minimum atomic E-state index is 0.268. The Kier molecular flexibility index (Phi) is 2.66. The van der Waals surface area contributed by atoms with Gasteiger partial charge in [0.2, 0.25) is 0 Å². The van der Waals surface area contributed by atoms with E-state index in [1.54, 1.807) is 12.2 Å². The second kappa shape index (κ2) is 4.28. The summed E-state index contributed by atoms with van der Waals surface area (Å²) in [6.45, 7) is 0.268. The van der Waals surface area contributed by atoms with E-state index in [9.17, 15) is 0 Å². The van der Waals surface area contributed by atoms with Gasteiger partial charge in [0.25, 0.3) is 0 Å². The highest BCUT2D eigenvalue weighted by molar-refractivity contribution is 5.92. The molecule has 0 aliphatic heterocycles. The fourth-order valence-electron chi connectivity index (χ4n) is 1.28. The summed E-state index contributed by atoms with van der Waals surface area (Å²) in [5.74, 6) is 0.363. The standard InChI is InChI=1S/C8H8N8/c9-7-6-5(2-1-3-13-16-10)14-15-8(6)12-4-11-7/h1-2,4H,3H2,(H3,9,11,12,14,15). The van der Waals surface area contributed by atoms with Crippen molar-refractivity contribution in [2.24, 2.45) is 5.11 Å². The quantitative estimate of drug-likeness (QED) is 0.454. The van der Waals surface area contributed by atoms with Gasteiger partial charge in [-0.1, -0.05) is 11.2 Å². The number of nitrogens with two attached hydrogens (primary N) is 1. The maximum Gasteiger partial charge on any atom is 0.186 e. The normalized spacial score (nSPS) is 10.8. The summed E-state index contributed by atoms with van der Waals surface area (Å²) in [6, 6.07) is 0. The number of hydrogen-bond acceptors (Lipinski definition) is 5. The molecule has 2 rings (SSSR count). The van der Waals surface area contributed by atoms with Gasteiger partial charge in [-0.25, -0.2) is 9.97 Å². The van der Waals surface area contributed by atoms with E-state index in [0.717, 1.165) is 0 Å². The van der Waals surface area contributed by atoms with E-state index in [1.165, 1.54) is 6.33 Å². The molecule has 2 aromatic heterocycles. The van der Waals surface area contributed by atoms with Crippen LogP contribution in [0.1, 0.15) is 5.69 Å². The molecule has 0 atom stereocenters. The molecule has 2 heterocycles. The summed E-state index contributed by atoms with van der Waals surface area (Å²) in [5.41, 5.74) is 15.0. The summed E-state index contributed by atoms with van der Waals surface area (Å²) >= 11 is 0. The lowest BCUT2D eigenvalue weighted by Crippen LogP contribution is -1.92. The molecule has 0 amide bonds. The molecule has 0 bridgehead atoms. The lowest BCUT2D eigenvalue weighted by Gasteiger charge is -1.93. The molecule has 8 nitrogen and oxygen atoms in total. The Labute approximate surface area is 89.8 Å². The van der Waals surface area contributed by atoms with Crippen LogP contribution in [0.4, 0.5) is 5.82 Å². The van der Waals surface area contributed by atoms with Crippen LogP contribution in [0.25, 0.3) is 27.6 Å². The average molecular weight is 216 g/mol. The minimum Gasteiger partial charge on any atom is -0.383 e. The van der Waals surface area contributed by atoms with Crippen molar-refractivity contribution in [2.45, 2.75) is 0 Å². The number of nitrogen functional groups attached to an aromatic ring is 1. The van der Waals surface area contributed by atoms with Gasteiger partial charge in [0.15, 0.2) is 5.65 Å². The van der Waals surface area contributed by atoms with Crippen molar-refractivity contribution in [3.8, 4) is 0 Å². The predicted octanol–water partition coefficient (Wildman–Crippen LogP) is 1.26. The van der Waals surface area contributed by atoms with E-state index < -0.39 is 0 Å². The monoisotopic (exact) mass is 216 g/mol. The Morgan fingerprint density at radius 3 is 3.25 bits per heavy atom. The van der Waals surface area contributed by atoms with E-state index in [-0.39, 0.29) is 6.54 Å². The first-order valence-corrected chi connectivity index (χ1v) is 4.45. The van der Waals surface area contributed by atoms with Gasteiger partial charge in [-0.2, -0.15) is 5.10 Å². The third-order valence-corrected chi connectivity index (χ3v) is 1.94. The topological polar surface area (TPSA) is 129 Å². The number of nitrogens with one attached hydrogen (secondary N) is 1. The van der Waals surface area contributed by atoms with Crippen LogP contribution < -0.4 is 5.73 Å². The van der Waals surface area contributed by atoms with Crippen molar-refractivity contribution in [2.75, 3.05) is 12.3 Å². The second-order valence-corrected chi connectivity index (χ2v) is 2.91. The highest BCUT2D eigenvalue weighted by atomic mass is 15.2. The smallest absolute Gasteiger partial charge is 0.186 e. The number of nitrogens with zero attached hydrogens (tertiary/aromatic N) is 6. The summed E-state index contributed by atoms with van der Waals surface area (Å²) < 4.78 is 0. The molecule has 0 aromatic carbocycles. The van der Waals surface area contributed by atoms with Crippen molar-refractivity contribution >= 4 is 22.9 Å². The number of fused-ring (bicyclic) bond motifs is 1. The Morgan fingerprint density at radius 2 is 2.44 bits per heavy atom. The molecule has 2 aromatic rings. The van der Waals surface area contributed by atoms with Gasteiger partial charge in [0, 0.05) is 11.5 Å². The molecular weight excluding hydrogens is 208 g/mol. The first-order chi connectivity index (χ1) is 7.83. The molecule has 16 heavy (non-hydrogen) atoms. The number of hydrogen-bond donors (Lipinski definition) is 2. The Balaban J connectivity index is 2.38. The van der Waals surface area contributed by atoms with Crippen LogP contribution >= 0.6 is 0 Å². The van der Waals surface area contributed by atoms with Crippen LogP contribution in [0.3, 0.4) is 0 Å². The minimum absolute atomic E-state index is 0.268. The van der Waals surface area contributed by atoms with Gasteiger partial charge in [-0.3, -0.25) is 5.10 Å². The lowest BCUT2D eigenvalue weighted by atomic mass is 10.2. The maximum absolute atomic E-state index is 8.10. The van der Waals surface area contributed by atoms with Gasteiger partial charge >= 0.3 is 0 Å². The third-order valence-electron chi connectivity index (χ3n) is 1.94. The summed E-state index contributed by atoms with van der Waals surface area (Å²) in [4.78, 5) is 10.5. The average Bonchev–Trinajstić information content (AvgIpc) is 2.69. The van der Waals surface area contributed by atoms with Crippen LogP contribution in [0.2, 0.25) is 0 Å². The van der Waals surface area contributed by atoms with Gasteiger partial charge in [-0.15, -0.1) is 0 Å². The zero-order valence-electron chi connectivity index (χ0n) is 8.20. The van der Waals surface area contributed by atoms with Crippen molar-refractivity contribution < 1.29 is 0 Å². The Bertz CT molecular complexity index is 577. The Hall–Kier alpha value is -2.60. The number of rotatable bonds is 3. The van der Waals surface area contributed by atoms with Crippen molar-refractivity contribution in [1.29, 1.82) is 0 Å². The predicted molar refractivity (Wildman–Crippen MR) is 59.1 cm³/mol. The first-order valence-electron chi connectivity index (χ1n) is 4.45. The highest BCUT2D eigenvalue weighted by Crippen LogP contribution is 2.19. The molecule has 0 saturated heterocycles. The van der Waals surface area contributed by atoms with Gasteiger partial charge in [0.1, 0.15) is 12.1 Å². The number of anilines is 1. The van der Waals surface area contributed by atoms with Crippen molar-refractivity contribution in [3.63, 3.8) is 0 Å². The van der Waals surface area contributed by atoms with E-state index in [2.05, 4.69) is 30.2 Å². The van der Waals surface area contributed by atoms with Crippen molar-refractivity contribution in [1.82, 2.24) is 20.2 Å². The molecule has 0 saturated carbocycles. The maximum atomic E-state index is 8.10. The van der Waals surface area contributed by atoms with E-state index in [1.807, 2.05) is 0 Å². The molecule has 0 aliphatic carbocycles. The summed E-state index contributed by atoms with van der Waals surface area (Å²) in [7, 11) is 0. The number of H-pyrrole nitrogens is 1. The van der Waals surface area contributed by atoms with E-state index in [0.29, 0.717) is 22.5 Å². The zero-order chi connectivity index (χ0) is 11.4. The van der Waals surface area contributed by atoms with E-state index in [4.69, 9.17) is 11.3 Å². The molecule has 0 fully saturated rings. The summed E-state index contributed by atoms with van der Waals surface area (Å²) in [6.07, 6.45) is 4.77. The molecule has 3 N–H and O–H groups in total. The van der Waals surface area contributed by atoms with Crippen LogP contribution in [-0.2, 0) is 0 Å². The zero-order valence-corrected chi connectivity index (χ0v) is 8.20. The number of aromatic nitrogens is 4. The molecule has 0 aliphatic rings. The number of azide groups is 1. The highest BCUT2D eigenvalue weighted by Gasteiger charge is 2.07. The molecule has 80 valence electrons. The Morgan fingerprint density at radius 1 is 1.56 bits per heavy atom. The van der Waals surface area contributed by atoms with Gasteiger partial charge < -0.3 is 5.73 Å². The first kappa shape index (κ1) is 9.94. The second-order valence-electron chi connectivity index (χ2n) is 2.91. The fraction of sp³-hybridized carbons (Fsp3) is 0.125. The fourth-order valence-corrected chi connectivity index (χ4v) is 1.28. The van der Waals surface area contributed by atoms with E-state index >= 15 is 0 Å². The van der Waals surface area contributed by atoms with Crippen LogP contribution in [0.5, 0.6) is 0 Å². The largest absolute Gasteiger partial charge is 0.383 e. The van der Waals surface area contributed by atoms with Crippen molar-refractivity contribution in [3.05, 3.63) is 28.5 Å². The SMILES string of the molecule is [N-]=[N+]=NCC=Cc1[nH]nc2ncnc(N)c12. The van der Waals surface area contributed by atoms with Gasteiger partial charge in [-0.05, 0) is 11.6 Å². The van der Waals surface area contributed by atoms with Gasteiger partial charge in [0.05, 0.1) is 11.1 Å². The van der Waals surface area contributed by atoms with Crippen LogP contribution in [0, 0.1) is 0 Å². The molecule has 8 heteroatoms. The third kappa shape index (κ3) is 1.77. The number of aromatic amines is 1. The molecule has 0 spiro atoms. The molecular formula is C8H8N8. The van der Waals surface area contributed by atoms with Crippen LogP contribution in [0.15, 0.2) is 17.5 Å². The van der Waals surface area contributed by atoms with Crippen LogP contribution in [-0.4, -0.2) is 26.7 Å². The molecule has 0 unspecified atom stereocenters. The lowest BCUT2D eigenvalue weighted by molar-refractivity contribution is 1.08. The summed E-state index contributed by atoms with van der Waals surface area (Å²) in [5, 5.41) is 10.8. The molecule has 0 radical (unpaired) electrons.